The number of aliphatic hydroxyl groups is 1. The van der Waals surface area contributed by atoms with Crippen LogP contribution in [0.25, 0.3) is 0 Å². The molecule has 3 aliphatic rings. The van der Waals surface area contributed by atoms with Gasteiger partial charge >= 0.3 is 0 Å². The molecule has 3 fully saturated rings. The molecule has 3 heterocycles. The number of rotatable bonds is 9. The number of anilines is 2. The fourth-order valence-electron chi connectivity index (χ4n) is 7.06. The van der Waals surface area contributed by atoms with Gasteiger partial charge in [0.2, 0.25) is 17.7 Å². The standard InChI is InChI=1S/C28H42N4O5/c1-8-31(9-2)19-12-10-18(11-13-19)30-25(35)23-28-14-17(5)27(6,37-28)21(24(34)29-7)22(28)26(36)32(23)20(15-33)16(3)4/h10-13,16-17,20-23,33H,8-9,14-15H2,1-7H3,(H,29,34)(H,30,35)/t17?,20-,21-,22-,23?,27+,28?/m0/s1. The molecule has 1 spiro atoms. The van der Waals surface area contributed by atoms with E-state index in [-0.39, 0.29) is 36.2 Å². The maximum Gasteiger partial charge on any atom is 0.250 e. The van der Waals surface area contributed by atoms with Crippen LogP contribution in [0.1, 0.15) is 48.0 Å². The Bertz CT molecular complexity index is 1040. The number of hydrogen-bond acceptors (Lipinski definition) is 6. The molecule has 3 saturated heterocycles. The Labute approximate surface area is 219 Å². The highest BCUT2D eigenvalue weighted by Gasteiger charge is 2.80. The summed E-state index contributed by atoms with van der Waals surface area (Å²) >= 11 is 0. The largest absolute Gasteiger partial charge is 0.394 e. The van der Waals surface area contributed by atoms with Gasteiger partial charge in [-0.1, -0.05) is 20.8 Å². The lowest BCUT2D eigenvalue weighted by Gasteiger charge is -2.38. The predicted molar refractivity (Wildman–Crippen MR) is 142 cm³/mol. The summed E-state index contributed by atoms with van der Waals surface area (Å²) in [6, 6.07) is 6.11. The van der Waals surface area contributed by atoms with E-state index in [0.717, 1.165) is 18.8 Å². The number of likely N-dealkylation sites (tertiary alicyclic amines) is 1. The SMILES string of the molecule is CCN(CC)c1ccc(NC(=O)C2N([C@@H](CO)C(C)C)C(=O)[C@@H]3[C@@H](C(=O)NC)[C@]4(C)OC23CC4C)cc1. The average Bonchev–Trinajstić information content (AvgIpc) is 3.37. The topological polar surface area (TPSA) is 111 Å². The molecule has 3 N–H and O–H groups in total. The van der Waals surface area contributed by atoms with E-state index < -0.39 is 35.1 Å². The molecule has 4 rings (SSSR count). The lowest BCUT2D eigenvalue weighted by molar-refractivity contribution is -0.150. The summed E-state index contributed by atoms with van der Waals surface area (Å²) in [6.07, 6.45) is 0.485. The van der Waals surface area contributed by atoms with E-state index in [9.17, 15) is 19.5 Å². The molecule has 0 aromatic heterocycles. The molecule has 9 nitrogen and oxygen atoms in total. The van der Waals surface area contributed by atoms with Crippen molar-refractivity contribution in [2.45, 2.75) is 71.2 Å². The van der Waals surface area contributed by atoms with Gasteiger partial charge in [-0.05, 0) is 63.3 Å². The van der Waals surface area contributed by atoms with E-state index in [1.165, 1.54) is 4.90 Å². The van der Waals surface area contributed by atoms with Crippen LogP contribution >= 0.6 is 0 Å². The van der Waals surface area contributed by atoms with Crippen molar-refractivity contribution in [1.29, 1.82) is 0 Å². The Morgan fingerprint density at radius 1 is 1.19 bits per heavy atom. The molecule has 204 valence electrons. The third-order valence-electron chi connectivity index (χ3n) is 9.11. The van der Waals surface area contributed by atoms with Gasteiger partial charge in [-0.3, -0.25) is 14.4 Å². The molecule has 0 aliphatic carbocycles. The molecular formula is C28H42N4O5. The van der Waals surface area contributed by atoms with Crippen LogP contribution in [-0.2, 0) is 19.1 Å². The van der Waals surface area contributed by atoms with Crippen molar-refractivity contribution >= 4 is 29.1 Å². The third kappa shape index (κ3) is 4.02. The van der Waals surface area contributed by atoms with Crippen LogP contribution in [0, 0.1) is 23.7 Å². The molecule has 3 unspecified atom stereocenters. The fraction of sp³-hybridized carbons (Fsp3) is 0.679. The van der Waals surface area contributed by atoms with Crippen LogP contribution < -0.4 is 15.5 Å². The minimum absolute atomic E-state index is 0.0333. The van der Waals surface area contributed by atoms with Gasteiger partial charge in [0.05, 0.1) is 30.1 Å². The molecule has 0 saturated carbocycles. The Balaban J connectivity index is 1.74. The van der Waals surface area contributed by atoms with E-state index in [2.05, 4.69) is 29.4 Å². The van der Waals surface area contributed by atoms with Crippen LogP contribution in [0.4, 0.5) is 11.4 Å². The zero-order chi connectivity index (χ0) is 27.3. The Kier molecular flexibility index (Phi) is 7.33. The van der Waals surface area contributed by atoms with Gasteiger partial charge in [0.25, 0.3) is 0 Å². The van der Waals surface area contributed by atoms with Crippen molar-refractivity contribution in [3.63, 3.8) is 0 Å². The molecule has 1 aromatic carbocycles. The lowest BCUT2D eigenvalue weighted by Crippen LogP contribution is -2.57. The summed E-state index contributed by atoms with van der Waals surface area (Å²) in [7, 11) is 1.56. The zero-order valence-electron chi connectivity index (χ0n) is 23.1. The number of carbonyl (C=O) groups is 3. The van der Waals surface area contributed by atoms with E-state index in [1.54, 1.807) is 7.05 Å². The smallest absolute Gasteiger partial charge is 0.250 e. The summed E-state index contributed by atoms with van der Waals surface area (Å²) in [5.74, 6) is -2.55. The number of hydrogen-bond donors (Lipinski definition) is 3. The first-order valence-electron chi connectivity index (χ1n) is 13.5. The van der Waals surface area contributed by atoms with Gasteiger partial charge < -0.3 is 30.3 Å². The molecule has 3 aliphatic heterocycles. The molecule has 3 amide bonds. The molecule has 7 atom stereocenters. The molecule has 37 heavy (non-hydrogen) atoms. The number of ether oxygens (including phenoxy) is 1. The summed E-state index contributed by atoms with van der Waals surface area (Å²) in [5.41, 5.74) is -0.320. The molecule has 9 heteroatoms. The van der Waals surface area contributed by atoms with Crippen molar-refractivity contribution in [3.8, 4) is 0 Å². The van der Waals surface area contributed by atoms with Crippen LogP contribution in [0.15, 0.2) is 24.3 Å². The van der Waals surface area contributed by atoms with Gasteiger partial charge in [0.15, 0.2) is 0 Å². The highest BCUT2D eigenvalue weighted by Crippen LogP contribution is 2.65. The number of benzene rings is 1. The van der Waals surface area contributed by atoms with Gasteiger partial charge in [-0.2, -0.15) is 0 Å². The van der Waals surface area contributed by atoms with Crippen molar-refractivity contribution in [2.75, 3.05) is 37.0 Å². The predicted octanol–water partition coefficient (Wildman–Crippen LogP) is 2.24. The quantitative estimate of drug-likeness (QED) is 0.466. The van der Waals surface area contributed by atoms with E-state index in [0.29, 0.717) is 12.1 Å². The average molecular weight is 515 g/mol. The zero-order valence-corrected chi connectivity index (χ0v) is 23.1. The number of aliphatic hydroxyl groups excluding tert-OH is 1. The minimum Gasteiger partial charge on any atom is -0.394 e. The van der Waals surface area contributed by atoms with Gasteiger partial charge in [0.1, 0.15) is 11.6 Å². The normalized spacial score (nSPS) is 33.0. The summed E-state index contributed by atoms with van der Waals surface area (Å²) in [5, 5.41) is 16.0. The summed E-state index contributed by atoms with van der Waals surface area (Å²) in [6.45, 7) is 13.4. The van der Waals surface area contributed by atoms with E-state index >= 15 is 0 Å². The first-order valence-corrected chi connectivity index (χ1v) is 13.5. The molecule has 0 radical (unpaired) electrons. The van der Waals surface area contributed by atoms with Crippen molar-refractivity contribution in [1.82, 2.24) is 10.2 Å². The number of nitrogens with zero attached hydrogens (tertiary/aromatic N) is 2. The second-order valence-electron chi connectivity index (χ2n) is 11.3. The lowest BCUT2D eigenvalue weighted by atomic mass is 9.62. The summed E-state index contributed by atoms with van der Waals surface area (Å²) < 4.78 is 6.67. The monoisotopic (exact) mass is 514 g/mol. The second-order valence-corrected chi connectivity index (χ2v) is 11.3. The van der Waals surface area contributed by atoms with Crippen LogP contribution in [0.5, 0.6) is 0 Å². The van der Waals surface area contributed by atoms with Crippen molar-refractivity contribution in [3.05, 3.63) is 24.3 Å². The summed E-state index contributed by atoms with van der Waals surface area (Å²) in [4.78, 5) is 45.0. The van der Waals surface area contributed by atoms with E-state index in [4.69, 9.17) is 4.74 Å². The second kappa shape index (κ2) is 9.91. The van der Waals surface area contributed by atoms with Gasteiger partial charge in [-0.25, -0.2) is 0 Å². The number of carbonyl (C=O) groups excluding carboxylic acids is 3. The first kappa shape index (κ1) is 27.4. The minimum atomic E-state index is -1.14. The number of fused-ring (bicyclic) bond motifs is 1. The third-order valence-corrected chi connectivity index (χ3v) is 9.11. The molecular weight excluding hydrogens is 472 g/mol. The van der Waals surface area contributed by atoms with Crippen LogP contribution in [0.3, 0.4) is 0 Å². The highest BCUT2D eigenvalue weighted by molar-refractivity contribution is 6.04. The van der Waals surface area contributed by atoms with E-state index in [1.807, 2.05) is 52.0 Å². The first-order chi connectivity index (χ1) is 17.5. The highest BCUT2D eigenvalue weighted by atomic mass is 16.5. The van der Waals surface area contributed by atoms with Crippen LogP contribution in [0.2, 0.25) is 0 Å². The van der Waals surface area contributed by atoms with Crippen molar-refractivity contribution in [2.24, 2.45) is 23.7 Å². The van der Waals surface area contributed by atoms with Gasteiger partial charge in [0, 0.05) is 31.5 Å². The number of amides is 3. The maximum atomic E-state index is 14.1. The number of nitrogens with one attached hydrogen (secondary N) is 2. The van der Waals surface area contributed by atoms with Gasteiger partial charge in [-0.15, -0.1) is 0 Å². The maximum absolute atomic E-state index is 14.1. The Morgan fingerprint density at radius 2 is 1.81 bits per heavy atom. The van der Waals surface area contributed by atoms with Crippen LogP contribution in [-0.4, -0.2) is 77.8 Å². The fourth-order valence-corrected chi connectivity index (χ4v) is 7.06. The Morgan fingerprint density at radius 3 is 2.32 bits per heavy atom. The Hall–Kier alpha value is -2.65. The molecule has 2 bridgehead atoms. The molecule has 1 aromatic rings. The van der Waals surface area contributed by atoms with Crippen molar-refractivity contribution < 1.29 is 24.2 Å².